The summed E-state index contributed by atoms with van der Waals surface area (Å²) in [5.74, 6) is 3.85. The summed E-state index contributed by atoms with van der Waals surface area (Å²) in [7, 11) is 1.94. The third-order valence-electron chi connectivity index (χ3n) is 8.36. The van der Waals surface area contributed by atoms with Gasteiger partial charge in [-0.15, -0.1) is 11.8 Å². The lowest BCUT2D eigenvalue weighted by Crippen LogP contribution is -2.56. The molecule has 5 heteroatoms. The van der Waals surface area contributed by atoms with Crippen LogP contribution in [0.4, 0.5) is 0 Å². The average Bonchev–Trinajstić information content (AvgIpc) is 2.67. The molecule has 0 unspecified atom stereocenters. The quantitative estimate of drug-likeness (QED) is 0.688. The molecule has 0 spiro atoms. The topological polar surface area (TPSA) is 49.4 Å². The molecule has 0 saturated heterocycles. The van der Waals surface area contributed by atoms with E-state index in [1.807, 2.05) is 11.9 Å². The van der Waals surface area contributed by atoms with E-state index in [1.165, 1.54) is 69.5 Å². The number of nitrogens with zero attached hydrogens (tertiary/aromatic N) is 1. The van der Waals surface area contributed by atoms with Crippen LogP contribution >= 0.6 is 11.8 Å². The Kier molecular flexibility index (Phi) is 6.29. The smallest absolute Gasteiger partial charge is 0.232 e. The second kappa shape index (κ2) is 8.57. The van der Waals surface area contributed by atoms with E-state index >= 15 is 0 Å². The van der Waals surface area contributed by atoms with Gasteiger partial charge in [-0.2, -0.15) is 0 Å². The molecule has 0 heterocycles. The van der Waals surface area contributed by atoms with E-state index in [4.69, 9.17) is 0 Å². The van der Waals surface area contributed by atoms with Gasteiger partial charge in [0.25, 0.3) is 0 Å². The lowest BCUT2D eigenvalue weighted by molar-refractivity contribution is -0.129. The van der Waals surface area contributed by atoms with Crippen molar-refractivity contribution in [2.75, 3.05) is 18.6 Å². The zero-order valence-electron chi connectivity index (χ0n) is 17.8. The maximum Gasteiger partial charge on any atom is 0.232 e. The van der Waals surface area contributed by atoms with E-state index in [0.29, 0.717) is 23.0 Å². The minimum absolute atomic E-state index is 0.112. The van der Waals surface area contributed by atoms with Gasteiger partial charge in [0.15, 0.2) is 0 Å². The Labute approximate surface area is 175 Å². The molecule has 28 heavy (non-hydrogen) atoms. The van der Waals surface area contributed by atoms with Gasteiger partial charge < -0.3 is 10.2 Å². The van der Waals surface area contributed by atoms with Gasteiger partial charge in [-0.1, -0.05) is 19.3 Å². The van der Waals surface area contributed by atoms with Crippen LogP contribution in [0.2, 0.25) is 0 Å². The lowest BCUT2D eigenvalue weighted by Gasteiger charge is -2.59. The highest BCUT2D eigenvalue weighted by Gasteiger charge is 2.53. The molecule has 1 N–H and O–H groups in total. The van der Waals surface area contributed by atoms with Gasteiger partial charge in [0.1, 0.15) is 0 Å². The first-order chi connectivity index (χ1) is 13.4. The van der Waals surface area contributed by atoms with Gasteiger partial charge in [-0.05, 0) is 81.5 Å². The maximum atomic E-state index is 12.5. The summed E-state index contributed by atoms with van der Waals surface area (Å²) in [6, 6.07) is 0.682. The number of thioether (sulfide) groups is 1. The lowest BCUT2D eigenvalue weighted by atomic mass is 9.48. The summed E-state index contributed by atoms with van der Waals surface area (Å²) < 4.78 is 0. The Hall–Kier alpha value is -0.710. The highest BCUT2D eigenvalue weighted by atomic mass is 32.2. The number of amides is 2. The van der Waals surface area contributed by atoms with Crippen molar-refractivity contribution in [2.45, 2.75) is 89.6 Å². The summed E-state index contributed by atoms with van der Waals surface area (Å²) in [6.07, 6.45) is 14.3. The van der Waals surface area contributed by atoms with Crippen molar-refractivity contribution in [3.8, 4) is 0 Å². The Morgan fingerprint density at radius 2 is 1.57 bits per heavy atom. The molecule has 0 aromatic carbocycles. The largest absolute Gasteiger partial charge is 0.352 e. The molecule has 5 saturated carbocycles. The number of carbonyl (C=O) groups excluding carboxylic acids is 2. The first-order valence-corrected chi connectivity index (χ1v) is 12.7. The minimum atomic E-state index is 0.112. The zero-order valence-corrected chi connectivity index (χ0v) is 18.6. The molecule has 0 aromatic rings. The van der Waals surface area contributed by atoms with E-state index in [1.54, 1.807) is 0 Å². The van der Waals surface area contributed by atoms with Crippen molar-refractivity contribution in [3.63, 3.8) is 0 Å². The second-order valence-corrected chi connectivity index (χ2v) is 11.3. The van der Waals surface area contributed by atoms with Crippen LogP contribution in [0, 0.1) is 23.2 Å². The summed E-state index contributed by atoms with van der Waals surface area (Å²) in [4.78, 5) is 26.9. The van der Waals surface area contributed by atoms with Crippen LogP contribution in [-0.2, 0) is 9.59 Å². The van der Waals surface area contributed by atoms with Crippen molar-refractivity contribution in [2.24, 2.45) is 23.2 Å². The van der Waals surface area contributed by atoms with Crippen LogP contribution < -0.4 is 5.32 Å². The highest BCUT2D eigenvalue weighted by Crippen LogP contribution is 2.61. The molecule has 4 bridgehead atoms. The van der Waals surface area contributed by atoms with Crippen molar-refractivity contribution in [3.05, 3.63) is 0 Å². The predicted octanol–water partition coefficient (Wildman–Crippen LogP) is 4.23. The summed E-state index contributed by atoms with van der Waals surface area (Å²) in [5.41, 5.74) is 0.353. The van der Waals surface area contributed by atoms with Gasteiger partial charge in [0.05, 0.1) is 11.5 Å². The van der Waals surface area contributed by atoms with E-state index in [9.17, 15) is 9.59 Å². The van der Waals surface area contributed by atoms with E-state index < -0.39 is 0 Å². The Morgan fingerprint density at radius 1 is 1.00 bits per heavy atom. The van der Waals surface area contributed by atoms with Gasteiger partial charge in [0.2, 0.25) is 11.8 Å². The van der Waals surface area contributed by atoms with Crippen LogP contribution in [0.5, 0.6) is 0 Å². The van der Waals surface area contributed by atoms with E-state index in [-0.39, 0.29) is 17.9 Å². The second-order valence-electron chi connectivity index (χ2n) is 10.4. The Balaban J connectivity index is 1.20. The fraction of sp³-hybridized carbons (Fsp3) is 0.913. The third-order valence-corrected chi connectivity index (χ3v) is 9.27. The molecular weight excluding hydrogens is 368 g/mol. The molecule has 2 amide bonds. The van der Waals surface area contributed by atoms with Crippen molar-refractivity contribution < 1.29 is 9.59 Å². The third kappa shape index (κ3) is 4.39. The summed E-state index contributed by atoms with van der Waals surface area (Å²) in [5, 5.41) is 3.32. The summed E-state index contributed by atoms with van der Waals surface area (Å²) >= 11 is 1.48. The normalized spacial score (nSPS) is 35.6. The summed E-state index contributed by atoms with van der Waals surface area (Å²) in [6.45, 7) is 2.23. The number of hydrogen-bond donors (Lipinski definition) is 1. The first-order valence-electron chi connectivity index (χ1n) is 11.6. The highest BCUT2D eigenvalue weighted by molar-refractivity contribution is 8.00. The molecule has 5 aliphatic rings. The van der Waals surface area contributed by atoms with Crippen LogP contribution in [0.3, 0.4) is 0 Å². The van der Waals surface area contributed by atoms with Crippen LogP contribution in [-0.4, -0.2) is 47.4 Å². The van der Waals surface area contributed by atoms with Crippen LogP contribution in [0.25, 0.3) is 0 Å². The zero-order chi connectivity index (χ0) is 19.7. The molecule has 4 nitrogen and oxygen atoms in total. The van der Waals surface area contributed by atoms with Gasteiger partial charge in [-0.3, -0.25) is 9.59 Å². The molecule has 1 atom stereocenters. The SMILES string of the molecule is C[C@@H](NC(=O)CSCC(=O)N(C)C1CCCCC1)C12CC3CC(CC(C3)C1)C2. The Bertz CT molecular complexity index is 552. The molecule has 0 aliphatic heterocycles. The minimum Gasteiger partial charge on any atom is -0.352 e. The fourth-order valence-corrected chi connectivity index (χ4v) is 7.90. The molecule has 5 rings (SSSR count). The van der Waals surface area contributed by atoms with Crippen LogP contribution in [0.1, 0.15) is 77.6 Å². The van der Waals surface area contributed by atoms with Crippen LogP contribution in [0.15, 0.2) is 0 Å². The first kappa shape index (κ1) is 20.6. The van der Waals surface area contributed by atoms with E-state index in [0.717, 1.165) is 30.6 Å². The van der Waals surface area contributed by atoms with Crippen molar-refractivity contribution >= 4 is 23.6 Å². The Morgan fingerprint density at radius 3 is 2.14 bits per heavy atom. The number of carbonyl (C=O) groups is 2. The average molecular weight is 407 g/mol. The van der Waals surface area contributed by atoms with Gasteiger partial charge in [0, 0.05) is 19.1 Å². The fourth-order valence-electron chi connectivity index (χ4n) is 7.15. The maximum absolute atomic E-state index is 12.5. The predicted molar refractivity (Wildman–Crippen MR) is 115 cm³/mol. The molecule has 5 aliphatic carbocycles. The number of nitrogens with one attached hydrogen (secondary N) is 1. The van der Waals surface area contributed by atoms with Crippen molar-refractivity contribution in [1.29, 1.82) is 0 Å². The number of hydrogen-bond acceptors (Lipinski definition) is 3. The molecule has 0 aromatic heterocycles. The molecule has 0 radical (unpaired) electrons. The monoisotopic (exact) mass is 406 g/mol. The number of rotatable bonds is 7. The molecular formula is C23H38N2O2S. The van der Waals surface area contributed by atoms with Gasteiger partial charge in [-0.25, -0.2) is 0 Å². The standard InChI is InChI=1S/C23H38N2O2S/c1-16(23-11-17-8-18(12-23)10-19(9-17)13-23)24-21(26)14-28-15-22(27)25(2)20-6-4-3-5-7-20/h16-20H,3-15H2,1-2H3,(H,24,26)/t16-,17?,18?,19?,23?/m1/s1. The van der Waals surface area contributed by atoms with Gasteiger partial charge >= 0.3 is 0 Å². The van der Waals surface area contributed by atoms with E-state index in [2.05, 4.69) is 12.2 Å². The van der Waals surface area contributed by atoms with Crippen molar-refractivity contribution in [1.82, 2.24) is 10.2 Å². The molecule has 158 valence electrons. The molecule has 5 fully saturated rings.